The number of rotatable bonds is 7. The predicted molar refractivity (Wildman–Crippen MR) is 109 cm³/mol. The van der Waals surface area contributed by atoms with Crippen LogP contribution in [0.5, 0.6) is 0 Å². The zero-order valence-electron chi connectivity index (χ0n) is 16.0. The molecule has 4 heteroatoms. The quantitative estimate of drug-likeness (QED) is 0.622. The van der Waals surface area contributed by atoms with Crippen molar-refractivity contribution in [3.8, 4) is 0 Å². The van der Waals surface area contributed by atoms with Crippen LogP contribution >= 0.6 is 0 Å². The van der Waals surface area contributed by atoms with Crippen molar-refractivity contribution in [1.29, 1.82) is 0 Å². The molecule has 140 valence electrons. The molecule has 2 atom stereocenters. The van der Waals surface area contributed by atoms with Gasteiger partial charge in [0.1, 0.15) is 5.76 Å². The highest BCUT2D eigenvalue weighted by molar-refractivity contribution is 5.92. The lowest BCUT2D eigenvalue weighted by Gasteiger charge is -2.22. The Morgan fingerprint density at radius 1 is 1.00 bits per heavy atom. The highest BCUT2D eigenvalue weighted by atomic mass is 16.3. The van der Waals surface area contributed by atoms with E-state index in [0.717, 1.165) is 22.6 Å². The molecule has 0 radical (unpaired) electrons. The normalized spacial score (nSPS) is 13.1. The number of amides is 1. The van der Waals surface area contributed by atoms with E-state index in [0.29, 0.717) is 6.42 Å². The summed E-state index contributed by atoms with van der Waals surface area (Å²) in [4.78, 5) is 12.5. The average Bonchev–Trinajstić information content (AvgIpc) is 3.18. The van der Waals surface area contributed by atoms with Crippen LogP contribution in [-0.2, 0) is 4.79 Å². The van der Waals surface area contributed by atoms with Gasteiger partial charge in [-0.15, -0.1) is 0 Å². The average molecular weight is 362 g/mol. The predicted octanol–water partition coefficient (Wildman–Crippen LogP) is 4.99. The van der Waals surface area contributed by atoms with Gasteiger partial charge in [0.2, 0.25) is 5.91 Å². The Hall–Kier alpha value is -2.85. The summed E-state index contributed by atoms with van der Waals surface area (Å²) in [5.74, 6) is 0.831. The SMILES string of the molecule is Cc1cccc(NC(=O)CC(C)NC(c2ccccc2)c2ccco2)c1C. The minimum atomic E-state index is -0.0929. The summed E-state index contributed by atoms with van der Waals surface area (Å²) >= 11 is 0. The summed E-state index contributed by atoms with van der Waals surface area (Å²) in [5.41, 5.74) is 4.25. The lowest BCUT2D eigenvalue weighted by Crippen LogP contribution is -2.34. The third kappa shape index (κ3) is 4.86. The van der Waals surface area contributed by atoms with Crippen LogP contribution in [0.2, 0.25) is 0 Å². The van der Waals surface area contributed by atoms with Gasteiger partial charge in [-0.2, -0.15) is 0 Å². The molecule has 0 saturated carbocycles. The monoisotopic (exact) mass is 362 g/mol. The number of benzene rings is 2. The van der Waals surface area contributed by atoms with Gasteiger partial charge in [-0.05, 0) is 55.7 Å². The van der Waals surface area contributed by atoms with E-state index < -0.39 is 0 Å². The van der Waals surface area contributed by atoms with E-state index in [9.17, 15) is 4.79 Å². The third-order valence-corrected chi connectivity index (χ3v) is 4.78. The number of anilines is 1. The van der Waals surface area contributed by atoms with Crippen molar-refractivity contribution in [2.24, 2.45) is 0 Å². The van der Waals surface area contributed by atoms with Crippen molar-refractivity contribution in [2.75, 3.05) is 5.32 Å². The zero-order chi connectivity index (χ0) is 19.2. The van der Waals surface area contributed by atoms with E-state index in [2.05, 4.69) is 22.8 Å². The van der Waals surface area contributed by atoms with Crippen LogP contribution in [0.25, 0.3) is 0 Å². The molecule has 2 unspecified atom stereocenters. The smallest absolute Gasteiger partial charge is 0.225 e. The fourth-order valence-corrected chi connectivity index (χ4v) is 3.15. The molecule has 0 fully saturated rings. The topological polar surface area (TPSA) is 54.3 Å². The standard InChI is InChI=1S/C23H26N2O2/c1-16-9-7-12-20(18(16)3)25-22(26)15-17(2)24-23(21-13-8-14-27-21)19-10-5-4-6-11-19/h4-14,17,23-24H,15H2,1-3H3,(H,25,26). The number of nitrogens with one attached hydrogen (secondary N) is 2. The molecule has 2 N–H and O–H groups in total. The van der Waals surface area contributed by atoms with Crippen LogP contribution < -0.4 is 10.6 Å². The number of hydrogen-bond acceptors (Lipinski definition) is 3. The van der Waals surface area contributed by atoms with E-state index in [4.69, 9.17) is 4.42 Å². The number of carbonyl (C=O) groups excluding carboxylic acids is 1. The summed E-state index contributed by atoms with van der Waals surface area (Å²) in [6.07, 6.45) is 2.04. The summed E-state index contributed by atoms with van der Waals surface area (Å²) < 4.78 is 5.62. The Balaban J connectivity index is 1.66. The van der Waals surface area contributed by atoms with Gasteiger partial charge in [0.05, 0.1) is 12.3 Å². The second kappa shape index (κ2) is 8.69. The molecule has 3 aromatic rings. The van der Waals surface area contributed by atoms with E-state index >= 15 is 0 Å². The second-order valence-corrected chi connectivity index (χ2v) is 6.93. The van der Waals surface area contributed by atoms with Gasteiger partial charge in [0.15, 0.2) is 0 Å². The van der Waals surface area contributed by atoms with Crippen molar-refractivity contribution >= 4 is 11.6 Å². The molecule has 0 saturated heterocycles. The molecule has 0 bridgehead atoms. The molecule has 3 rings (SSSR count). The third-order valence-electron chi connectivity index (χ3n) is 4.78. The maximum Gasteiger partial charge on any atom is 0.225 e. The Morgan fingerprint density at radius 2 is 1.78 bits per heavy atom. The van der Waals surface area contributed by atoms with Gasteiger partial charge >= 0.3 is 0 Å². The lowest BCUT2D eigenvalue weighted by atomic mass is 10.0. The summed E-state index contributed by atoms with van der Waals surface area (Å²) in [5, 5.41) is 6.55. The largest absolute Gasteiger partial charge is 0.467 e. The summed E-state index contributed by atoms with van der Waals surface area (Å²) in [6, 6.07) is 19.8. The van der Waals surface area contributed by atoms with Crippen LogP contribution in [0.1, 0.15) is 41.8 Å². The highest BCUT2D eigenvalue weighted by Crippen LogP contribution is 2.24. The first kappa shape index (κ1) is 18.9. The van der Waals surface area contributed by atoms with Crippen LogP contribution in [0.15, 0.2) is 71.3 Å². The number of furan rings is 1. The first-order valence-electron chi connectivity index (χ1n) is 9.25. The molecule has 0 aliphatic carbocycles. The molecule has 0 spiro atoms. The minimum absolute atomic E-state index is 0.00467. The van der Waals surface area contributed by atoms with Gasteiger partial charge in [0, 0.05) is 18.2 Å². The maximum absolute atomic E-state index is 12.5. The van der Waals surface area contributed by atoms with Crippen molar-refractivity contribution in [3.05, 3.63) is 89.4 Å². The van der Waals surface area contributed by atoms with Gasteiger partial charge in [0.25, 0.3) is 0 Å². The molecule has 1 heterocycles. The first-order valence-corrected chi connectivity index (χ1v) is 9.25. The van der Waals surface area contributed by atoms with Crippen molar-refractivity contribution in [3.63, 3.8) is 0 Å². The van der Waals surface area contributed by atoms with Crippen molar-refractivity contribution < 1.29 is 9.21 Å². The molecule has 0 aliphatic rings. The minimum Gasteiger partial charge on any atom is -0.467 e. The maximum atomic E-state index is 12.5. The van der Waals surface area contributed by atoms with Crippen LogP contribution in [0, 0.1) is 13.8 Å². The van der Waals surface area contributed by atoms with Crippen LogP contribution in [-0.4, -0.2) is 11.9 Å². The zero-order valence-corrected chi connectivity index (χ0v) is 16.0. The molecule has 1 amide bonds. The Morgan fingerprint density at radius 3 is 2.48 bits per heavy atom. The fraction of sp³-hybridized carbons (Fsp3) is 0.261. The van der Waals surface area contributed by atoms with E-state index in [1.165, 1.54) is 5.56 Å². The Labute approximate surface area is 160 Å². The lowest BCUT2D eigenvalue weighted by molar-refractivity contribution is -0.116. The van der Waals surface area contributed by atoms with Crippen LogP contribution in [0.4, 0.5) is 5.69 Å². The van der Waals surface area contributed by atoms with E-state index in [1.54, 1.807) is 6.26 Å². The Bertz CT molecular complexity index is 873. The summed E-state index contributed by atoms with van der Waals surface area (Å²) in [6.45, 7) is 6.08. The van der Waals surface area contributed by atoms with Crippen molar-refractivity contribution in [1.82, 2.24) is 5.32 Å². The molecule has 2 aromatic carbocycles. The number of carbonyl (C=O) groups is 1. The van der Waals surface area contributed by atoms with Gasteiger partial charge in [-0.3, -0.25) is 4.79 Å². The Kier molecular flexibility index (Phi) is 6.09. The van der Waals surface area contributed by atoms with E-state index in [-0.39, 0.29) is 18.0 Å². The molecular formula is C23H26N2O2. The molecule has 1 aromatic heterocycles. The number of hydrogen-bond donors (Lipinski definition) is 2. The summed E-state index contributed by atoms with van der Waals surface area (Å²) in [7, 11) is 0. The van der Waals surface area contributed by atoms with Crippen LogP contribution in [0.3, 0.4) is 0 Å². The second-order valence-electron chi connectivity index (χ2n) is 6.93. The fourth-order valence-electron chi connectivity index (χ4n) is 3.15. The molecule has 0 aliphatic heterocycles. The van der Waals surface area contributed by atoms with Gasteiger partial charge < -0.3 is 15.1 Å². The highest BCUT2D eigenvalue weighted by Gasteiger charge is 2.20. The van der Waals surface area contributed by atoms with E-state index in [1.807, 2.05) is 69.3 Å². The van der Waals surface area contributed by atoms with Gasteiger partial charge in [-0.1, -0.05) is 42.5 Å². The first-order chi connectivity index (χ1) is 13.0. The number of aryl methyl sites for hydroxylation is 1. The van der Waals surface area contributed by atoms with Gasteiger partial charge in [-0.25, -0.2) is 0 Å². The molecule has 27 heavy (non-hydrogen) atoms. The molecular weight excluding hydrogens is 336 g/mol. The molecule has 4 nitrogen and oxygen atoms in total. The van der Waals surface area contributed by atoms with Crippen molar-refractivity contribution in [2.45, 2.75) is 39.3 Å².